The second-order valence-electron chi connectivity index (χ2n) is 7.68. The van der Waals surface area contributed by atoms with E-state index in [1.54, 1.807) is 0 Å². The molecular formula is C20H33N5O. The normalized spacial score (nSPS) is 17.9. The minimum atomic E-state index is -0.364. The highest BCUT2D eigenvalue weighted by Crippen LogP contribution is 2.19. The molecule has 0 bridgehead atoms. The van der Waals surface area contributed by atoms with Gasteiger partial charge in [-0.2, -0.15) is 0 Å². The minimum Gasteiger partial charge on any atom is -0.369 e. The first-order chi connectivity index (χ1) is 12.4. The maximum absolute atomic E-state index is 11.9. The van der Waals surface area contributed by atoms with Gasteiger partial charge in [-0.15, -0.1) is 0 Å². The van der Waals surface area contributed by atoms with Crippen LogP contribution in [-0.4, -0.2) is 50.6 Å². The molecule has 1 aliphatic heterocycles. The summed E-state index contributed by atoms with van der Waals surface area (Å²) in [7, 11) is 0. The summed E-state index contributed by atoms with van der Waals surface area (Å²) >= 11 is 0. The topological polar surface area (TPSA) is 68.8 Å². The van der Waals surface area contributed by atoms with Gasteiger partial charge in [-0.05, 0) is 25.5 Å². The Morgan fingerprint density at radius 2 is 1.96 bits per heavy atom. The van der Waals surface area contributed by atoms with Crippen molar-refractivity contribution in [1.29, 1.82) is 0 Å². The summed E-state index contributed by atoms with van der Waals surface area (Å²) < 4.78 is 0. The van der Waals surface area contributed by atoms with Crippen LogP contribution in [0.4, 0.5) is 5.69 Å². The zero-order valence-corrected chi connectivity index (χ0v) is 16.5. The summed E-state index contributed by atoms with van der Waals surface area (Å²) in [6, 6.07) is 10.9. The number of nitrogens with one attached hydrogen (secondary N) is 3. The molecule has 0 radical (unpaired) electrons. The van der Waals surface area contributed by atoms with Crippen molar-refractivity contribution >= 4 is 17.6 Å². The fourth-order valence-electron chi connectivity index (χ4n) is 2.87. The fourth-order valence-corrected chi connectivity index (χ4v) is 2.87. The minimum absolute atomic E-state index is 0.0555. The molecule has 1 saturated heterocycles. The quantitative estimate of drug-likeness (QED) is 0.413. The van der Waals surface area contributed by atoms with Crippen LogP contribution < -0.4 is 20.9 Å². The van der Waals surface area contributed by atoms with Crippen molar-refractivity contribution < 1.29 is 4.79 Å². The maximum atomic E-state index is 11.9. The molecule has 0 spiro atoms. The molecule has 1 aromatic carbocycles. The Balaban J connectivity index is 1.81. The van der Waals surface area contributed by atoms with Crippen molar-refractivity contribution in [3.05, 3.63) is 30.3 Å². The van der Waals surface area contributed by atoms with E-state index in [4.69, 9.17) is 0 Å². The van der Waals surface area contributed by atoms with E-state index in [0.29, 0.717) is 19.1 Å². The average Bonchev–Trinajstić information content (AvgIpc) is 3.07. The molecular weight excluding hydrogens is 326 g/mol. The lowest BCUT2D eigenvalue weighted by Crippen LogP contribution is -2.45. The van der Waals surface area contributed by atoms with Crippen LogP contribution in [-0.2, 0) is 4.79 Å². The van der Waals surface area contributed by atoms with E-state index in [1.165, 1.54) is 5.69 Å². The lowest BCUT2D eigenvalue weighted by Gasteiger charge is -2.20. The second-order valence-corrected chi connectivity index (χ2v) is 7.68. The van der Waals surface area contributed by atoms with Gasteiger partial charge in [0.25, 0.3) is 0 Å². The number of hydrogen-bond donors (Lipinski definition) is 3. The Kier molecular flexibility index (Phi) is 7.30. The third-order valence-electron chi connectivity index (χ3n) is 4.34. The van der Waals surface area contributed by atoms with Crippen LogP contribution in [0.25, 0.3) is 0 Å². The van der Waals surface area contributed by atoms with E-state index in [9.17, 15) is 4.79 Å². The molecule has 1 amide bonds. The zero-order valence-electron chi connectivity index (χ0n) is 16.5. The largest absolute Gasteiger partial charge is 0.369 e. The van der Waals surface area contributed by atoms with Crippen molar-refractivity contribution in [1.82, 2.24) is 16.0 Å². The molecule has 1 aromatic rings. The first kappa shape index (κ1) is 20.1. The second kappa shape index (κ2) is 9.46. The van der Waals surface area contributed by atoms with Crippen molar-refractivity contribution in [3.8, 4) is 0 Å². The molecule has 0 saturated carbocycles. The van der Waals surface area contributed by atoms with Crippen molar-refractivity contribution in [2.24, 2.45) is 10.4 Å². The number of carbonyl (C=O) groups is 1. The zero-order chi connectivity index (χ0) is 19.0. The van der Waals surface area contributed by atoms with Gasteiger partial charge in [0.15, 0.2) is 5.96 Å². The van der Waals surface area contributed by atoms with Crippen molar-refractivity contribution in [2.75, 3.05) is 37.6 Å². The van der Waals surface area contributed by atoms with Crippen molar-refractivity contribution in [2.45, 2.75) is 40.2 Å². The number of carbonyl (C=O) groups excluding carboxylic acids is 1. The van der Waals surface area contributed by atoms with E-state index in [0.717, 1.165) is 32.0 Å². The summed E-state index contributed by atoms with van der Waals surface area (Å²) in [6.45, 7) is 11.7. The summed E-state index contributed by atoms with van der Waals surface area (Å²) in [5, 5.41) is 9.74. The van der Waals surface area contributed by atoms with Crippen LogP contribution >= 0.6 is 0 Å². The third kappa shape index (κ3) is 6.24. The van der Waals surface area contributed by atoms with Gasteiger partial charge in [0, 0.05) is 43.3 Å². The van der Waals surface area contributed by atoms with E-state index in [1.807, 2.05) is 26.8 Å². The van der Waals surface area contributed by atoms with E-state index < -0.39 is 0 Å². The molecule has 144 valence electrons. The lowest BCUT2D eigenvalue weighted by molar-refractivity contribution is -0.128. The number of nitrogens with zero attached hydrogens (tertiary/aromatic N) is 2. The highest BCUT2D eigenvalue weighted by molar-refractivity contribution is 5.81. The summed E-state index contributed by atoms with van der Waals surface area (Å²) in [4.78, 5) is 18.9. The Hall–Kier alpha value is -2.24. The van der Waals surface area contributed by atoms with E-state index in [-0.39, 0.29) is 11.3 Å². The van der Waals surface area contributed by atoms with Gasteiger partial charge in [-0.1, -0.05) is 39.0 Å². The number of guanidine groups is 1. The van der Waals surface area contributed by atoms with Crippen LogP contribution in [0.15, 0.2) is 35.3 Å². The van der Waals surface area contributed by atoms with Crippen LogP contribution in [0.5, 0.6) is 0 Å². The summed E-state index contributed by atoms with van der Waals surface area (Å²) in [6.07, 6.45) is 1.08. The Morgan fingerprint density at radius 1 is 1.23 bits per heavy atom. The molecule has 6 nitrogen and oxygen atoms in total. The number of hydrogen-bond acceptors (Lipinski definition) is 3. The fraction of sp³-hybridized carbons (Fsp3) is 0.600. The SMILES string of the molecule is CCNC(=NCCNC(=O)C(C)(C)C)NC1CCN(c2ccccc2)C1. The first-order valence-electron chi connectivity index (χ1n) is 9.53. The molecule has 2 rings (SSSR count). The monoisotopic (exact) mass is 359 g/mol. The van der Waals surface area contributed by atoms with Gasteiger partial charge in [0.05, 0.1) is 6.54 Å². The molecule has 1 unspecified atom stereocenters. The van der Waals surface area contributed by atoms with Crippen LogP contribution in [0, 0.1) is 5.41 Å². The van der Waals surface area contributed by atoms with E-state index >= 15 is 0 Å². The van der Waals surface area contributed by atoms with Crippen LogP contribution in [0.3, 0.4) is 0 Å². The molecule has 26 heavy (non-hydrogen) atoms. The third-order valence-corrected chi connectivity index (χ3v) is 4.34. The first-order valence-corrected chi connectivity index (χ1v) is 9.53. The molecule has 0 aromatic heterocycles. The van der Waals surface area contributed by atoms with Gasteiger partial charge in [0.2, 0.25) is 5.91 Å². The van der Waals surface area contributed by atoms with Crippen LogP contribution in [0.2, 0.25) is 0 Å². The number of anilines is 1. The van der Waals surface area contributed by atoms with E-state index in [2.05, 4.69) is 57.0 Å². The number of para-hydroxylation sites is 1. The molecule has 1 heterocycles. The standard InChI is InChI=1S/C20H33N5O/c1-5-21-19(23-13-12-22-18(26)20(2,3)4)24-16-11-14-25(15-16)17-9-7-6-8-10-17/h6-10,16H,5,11-15H2,1-4H3,(H,22,26)(H2,21,23,24). The smallest absolute Gasteiger partial charge is 0.225 e. The number of benzene rings is 1. The van der Waals surface area contributed by atoms with Gasteiger partial charge in [-0.25, -0.2) is 0 Å². The van der Waals surface area contributed by atoms with Crippen LogP contribution in [0.1, 0.15) is 34.1 Å². The molecule has 3 N–H and O–H groups in total. The predicted molar refractivity (Wildman–Crippen MR) is 109 cm³/mol. The average molecular weight is 360 g/mol. The predicted octanol–water partition coefficient (Wildman–Crippen LogP) is 1.98. The van der Waals surface area contributed by atoms with Crippen molar-refractivity contribution in [3.63, 3.8) is 0 Å². The molecule has 1 fully saturated rings. The Bertz CT molecular complexity index is 594. The van der Waals surface area contributed by atoms with Gasteiger partial charge >= 0.3 is 0 Å². The molecule has 1 aliphatic rings. The molecule has 0 aliphatic carbocycles. The summed E-state index contributed by atoms with van der Waals surface area (Å²) in [5.41, 5.74) is 0.903. The maximum Gasteiger partial charge on any atom is 0.225 e. The number of aliphatic imine (C=N–C) groups is 1. The Morgan fingerprint density at radius 3 is 2.62 bits per heavy atom. The summed E-state index contributed by atoms with van der Waals surface area (Å²) in [5.74, 6) is 0.873. The molecule has 6 heteroatoms. The Labute approximate surface area is 157 Å². The number of rotatable bonds is 6. The highest BCUT2D eigenvalue weighted by Gasteiger charge is 2.23. The van der Waals surface area contributed by atoms with Gasteiger partial charge < -0.3 is 20.9 Å². The molecule has 1 atom stereocenters. The number of amides is 1. The highest BCUT2D eigenvalue weighted by atomic mass is 16.2. The van der Waals surface area contributed by atoms with Gasteiger partial charge in [0.1, 0.15) is 0 Å². The lowest BCUT2D eigenvalue weighted by atomic mass is 9.96. The van der Waals surface area contributed by atoms with Gasteiger partial charge in [-0.3, -0.25) is 9.79 Å².